The van der Waals surface area contributed by atoms with E-state index in [1.54, 1.807) is 48.5 Å². The number of halogens is 1. The van der Waals surface area contributed by atoms with Gasteiger partial charge in [-0.3, -0.25) is 4.79 Å². The third-order valence-electron chi connectivity index (χ3n) is 2.77. The third-order valence-corrected chi connectivity index (χ3v) is 3.02. The van der Waals surface area contributed by atoms with Gasteiger partial charge in [-0.1, -0.05) is 11.6 Å². The zero-order valence-electron chi connectivity index (χ0n) is 12.6. The van der Waals surface area contributed by atoms with E-state index in [-0.39, 0.29) is 19.1 Å². The SMILES string of the molecule is N#CCOc1ccc(C=NNC(=O)COc2ccc(Cl)cc2)cc1. The highest BCUT2D eigenvalue weighted by molar-refractivity contribution is 6.30. The first kappa shape index (κ1) is 17.3. The minimum atomic E-state index is -0.379. The van der Waals surface area contributed by atoms with E-state index in [1.807, 2.05) is 6.07 Å². The second-order valence-electron chi connectivity index (χ2n) is 4.55. The number of carbonyl (C=O) groups is 1. The van der Waals surface area contributed by atoms with Crippen molar-refractivity contribution in [3.63, 3.8) is 0 Å². The summed E-state index contributed by atoms with van der Waals surface area (Å²) in [5, 5.41) is 12.9. The molecule has 0 saturated carbocycles. The summed E-state index contributed by atoms with van der Waals surface area (Å²) in [6.45, 7) is -0.156. The Bertz CT molecular complexity index is 737. The molecule has 24 heavy (non-hydrogen) atoms. The normalized spacial score (nSPS) is 10.2. The van der Waals surface area contributed by atoms with Gasteiger partial charge in [0.1, 0.15) is 17.6 Å². The average molecular weight is 344 g/mol. The quantitative estimate of drug-likeness (QED) is 0.619. The van der Waals surface area contributed by atoms with E-state index < -0.39 is 0 Å². The molecule has 0 bridgehead atoms. The van der Waals surface area contributed by atoms with Crippen LogP contribution in [0.15, 0.2) is 53.6 Å². The molecule has 2 rings (SSSR count). The van der Waals surface area contributed by atoms with Gasteiger partial charge in [-0.2, -0.15) is 10.4 Å². The molecule has 0 aliphatic carbocycles. The van der Waals surface area contributed by atoms with Gasteiger partial charge in [0.15, 0.2) is 13.2 Å². The van der Waals surface area contributed by atoms with Gasteiger partial charge in [0.2, 0.25) is 0 Å². The van der Waals surface area contributed by atoms with Crippen LogP contribution in [0.5, 0.6) is 11.5 Å². The molecule has 2 aromatic rings. The number of benzene rings is 2. The fraction of sp³-hybridized carbons (Fsp3) is 0.118. The Morgan fingerprint density at radius 2 is 1.75 bits per heavy atom. The maximum absolute atomic E-state index is 11.6. The molecule has 0 aliphatic heterocycles. The van der Waals surface area contributed by atoms with Crippen LogP contribution in [0.2, 0.25) is 5.02 Å². The first-order chi connectivity index (χ1) is 11.7. The smallest absolute Gasteiger partial charge is 0.277 e. The predicted molar refractivity (Wildman–Crippen MR) is 90.2 cm³/mol. The van der Waals surface area contributed by atoms with E-state index in [0.717, 1.165) is 5.56 Å². The van der Waals surface area contributed by atoms with Crippen LogP contribution in [0.1, 0.15) is 5.56 Å². The fourth-order valence-corrected chi connectivity index (χ4v) is 1.78. The first-order valence-corrected chi connectivity index (χ1v) is 7.35. The van der Waals surface area contributed by atoms with Crippen LogP contribution >= 0.6 is 11.6 Å². The molecule has 2 aromatic carbocycles. The molecule has 0 saturated heterocycles. The van der Waals surface area contributed by atoms with Crippen molar-refractivity contribution in [1.82, 2.24) is 5.43 Å². The number of hydrogen-bond acceptors (Lipinski definition) is 5. The predicted octanol–water partition coefficient (Wildman–Crippen LogP) is 2.77. The van der Waals surface area contributed by atoms with Crippen molar-refractivity contribution in [1.29, 1.82) is 5.26 Å². The molecule has 0 aliphatic rings. The van der Waals surface area contributed by atoms with Gasteiger partial charge in [-0.05, 0) is 54.1 Å². The van der Waals surface area contributed by atoms with Crippen LogP contribution in [0.4, 0.5) is 0 Å². The van der Waals surface area contributed by atoms with E-state index in [4.69, 9.17) is 26.3 Å². The zero-order chi connectivity index (χ0) is 17.2. The van der Waals surface area contributed by atoms with Crippen molar-refractivity contribution in [3.8, 4) is 17.6 Å². The summed E-state index contributed by atoms with van der Waals surface area (Å²) in [4.78, 5) is 11.6. The molecule has 0 heterocycles. The number of hydrazone groups is 1. The Morgan fingerprint density at radius 1 is 1.12 bits per heavy atom. The lowest BCUT2D eigenvalue weighted by molar-refractivity contribution is -0.123. The Kier molecular flexibility index (Phi) is 6.62. The number of rotatable bonds is 7. The average Bonchev–Trinajstić information content (AvgIpc) is 2.60. The van der Waals surface area contributed by atoms with Gasteiger partial charge in [0.05, 0.1) is 6.21 Å². The highest BCUT2D eigenvalue weighted by Gasteiger charge is 2.01. The van der Waals surface area contributed by atoms with Gasteiger partial charge in [-0.25, -0.2) is 5.43 Å². The van der Waals surface area contributed by atoms with Crippen LogP contribution < -0.4 is 14.9 Å². The molecule has 0 unspecified atom stereocenters. The van der Waals surface area contributed by atoms with Crippen LogP contribution in [0.25, 0.3) is 0 Å². The summed E-state index contributed by atoms with van der Waals surface area (Å²) in [7, 11) is 0. The van der Waals surface area contributed by atoms with E-state index in [1.165, 1.54) is 6.21 Å². The summed E-state index contributed by atoms with van der Waals surface area (Å²) in [5.74, 6) is 0.760. The number of amides is 1. The number of ether oxygens (including phenoxy) is 2. The Balaban J connectivity index is 1.75. The van der Waals surface area contributed by atoms with Crippen LogP contribution in [0, 0.1) is 11.3 Å². The van der Waals surface area contributed by atoms with Gasteiger partial charge in [0.25, 0.3) is 5.91 Å². The Hall–Kier alpha value is -3.04. The lowest BCUT2D eigenvalue weighted by Gasteiger charge is -2.04. The maximum atomic E-state index is 11.6. The van der Waals surface area contributed by atoms with Crippen molar-refractivity contribution >= 4 is 23.7 Å². The van der Waals surface area contributed by atoms with E-state index in [2.05, 4.69) is 10.5 Å². The second kappa shape index (κ2) is 9.18. The first-order valence-electron chi connectivity index (χ1n) is 6.97. The topological polar surface area (TPSA) is 83.7 Å². The Labute approximate surface area is 144 Å². The lowest BCUT2D eigenvalue weighted by atomic mass is 10.2. The van der Waals surface area contributed by atoms with Gasteiger partial charge >= 0.3 is 0 Å². The molecule has 6 nitrogen and oxygen atoms in total. The third kappa shape index (κ3) is 5.99. The van der Waals surface area contributed by atoms with Crippen LogP contribution in [-0.2, 0) is 4.79 Å². The minimum Gasteiger partial charge on any atom is -0.484 e. The van der Waals surface area contributed by atoms with Gasteiger partial charge < -0.3 is 9.47 Å². The molecular weight excluding hydrogens is 330 g/mol. The van der Waals surface area contributed by atoms with Gasteiger partial charge in [-0.15, -0.1) is 0 Å². The number of hydrogen-bond donors (Lipinski definition) is 1. The lowest BCUT2D eigenvalue weighted by Crippen LogP contribution is -2.24. The highest BCUT2D eigenvalue weighted by atomic mass is 35.5. The molecule has 122 valence electrons. The molecule has 1 amide bonds. The van der Waals surface area contributed by atoms with E-state index in [0.29, 0.717) is 16.5 Å². The number of carbonyl (C=O) groups excluding carboxylic acids is 1. The summed E-state index contributed by atoms with van der Waals surface area (Å²) in [5.41, 5.74) is 3.14. The van der Waals surface area contributed by atoms with E-state index in [9.17, 15) is 4.79 Å². The van der Waals surface area contributed by atoms with Crippen molar-refractivity contribution < 1.29 is 14.3 Å². The molecule has 0 radical (unpaired) electrons. The summed E-state index contributed by atoms with van der Waals surface area (Å²) >= 11 is 5.76. The standard InChI is InChI=1S/C17H14ClN3O3/c18-14-3-7-16(8-4-14)24-12-17(22)21-20-11-13-1-5-15(6-2-13)23-10-9-19/h1-8,11H,10,12H2,(H,21,22). The molecule has 1 N–H and O–H groups in total. The minimum absolute atomic E-state index is 0.00286. The fourth-order valence-electron chi connectivity index (χ4n) is 1.66. The molecule has 0 fully saturated rings. The van der Waals surface area contributed by atoms with Crippen molar-refractivity contribution in [3.05, 3.63) is 59.1 Å². The number of nitrogens with zero attached hydrogens (tertiary/aromatic N) is 2. The summed E-state index contributed by atoms with van der Waals surface area (Å²) < 4.78 is 10.4. The molecule has 0 atom stereocenters. The largest absolute Gasteiger partial charge is 0.484 e. The molecule has 0 aromatic heterocycles. The van der Waals surface area contributed by atoms with E-state index >= 15 is 0 Å². The molecule has 7 heteroatoms. The van der Waals surface area contributed by atoms with Crippen molar-refractivity contribution in [2.45, 2.75) is 0 Å². The van der Waals surface area contributed by atoms with Crippen molar-refractivity contribution in [2.24, 2.45) is 5.10 Å². The van der Waals surface area contributed by atoms with Crippen molar-refractivity contribution in [2.75, 3.05) is 13.2 Å². The van der Waals surface area contributed by atoms with Crippen LogP contribution in [0.3, 0.4) is 0 Å². The monoisotopic (exact) mass is 343 g/mol. The molecular formula is C17H14ClN3O3. The zero-order valence-corrected chi connectivity index (χ0v) is 13.4. The van der Waals surface area contributed by atoms with Gasteiger partial charge in [0, 0.05) is 5.02 Å². The number of nitrogens with one attached hydrogen (secondary N) is 1. The second-order valence-corrected chi connectivity index (χ2v) is 4.99. The maximum Gasteiger partial charge on any atom is 0.277 e. The van der Waals surface area contributed by atoms with Crippen LogP contribution in [-0.4, -0.2) is 25.3 Å². The summed E-state index contributed by atoms with van der Waals surface area (Å²) in [6.07, 6.45) is 1.49. The Morgan fingerprint density at radius 3 is 2.42 bits per heavy atom. The summed E-state index contributed by atoms with van der Waals surface area (Å²) in [6, 6.07) is 15.5. The number of nitriles is 1. The molecule has 0 spiro atoms. The highest BCUT2D eigenvalue weighted by Crippen LogP contribution is 2.15.